The lowest BCUT2D eigenvalue weighted by molar-refractivity contribution is 0.178. The molecule has 2 aliphatic rings. The molecule has 2 fully saturated rings. The van der Waals surface area contributed by atoms with Crippen LogP contribution in [0, 0.1) is 11.8 Å². The van der Waals surface area contributed by atoms with Crippen molar-refractivity contribution in [1.82, 2.24) is 13.5 Å². The highest BCUT2D eigenvalue weighted by molar-refractivity contribution is 7.86. The van der Waals surface area contributed by atoms with E-state index in [-0.39, 0.29) is 12.1 Å². The highest BCUT2D eigenvalue weighted by Gasteiger charge is 2.35. The van der Waals surface area contributed by atoms with E-state index in [0.29, 0.717) is 31.9 Å². The topological polar surface area (TPSA) is 73.0 Å². The maximum atomic E-state index is 13.1. The van der Waals surface area contributed by atoms with Crippen LogP contribution in [-0.4, -0.2) is 67.2 Å². The van der Waals surface area contributed by atoms with Crippen molar-refractivity contribution < 1.29 is 13.2 Å². The lowest BCUT2D eigenvalue weighted by Crippen LogP contribution is -2.55. The first-order valence-corrected chi connectivity index (χ1v) is 13.3. The molecular weight excluding hydrogens is 448 g/mol. The first-order valence-electron chi connectivity index (χ1n) is 11.9. The minimum absolute atomic E-state index is 0.0809. The molecule has 2 amide bonds. The molecule has 1 saturated carbocycles. The van der Waals surface area contributed by atoms with Crippen molar-refractivity contribution in [2.24, 2.45) is 0 Å². The number of rotatable bonds is 4. The third-order valence-corrected chi connectivity index (χ3v) is 8.59. The number of benzene rings is 2. The molecule has 0 aromatic heterocycles. The zero-order valence-electron chi connectivity index (χ0n) is 19.6. The Balaban J connectivity index is 1.32. The van der Waals surface area contributed by atoms with Gasteiger partial charge in [0.2, 0.25) is 0 Å². The molecule has 2 aromatic rings. The summed E-state index contributed by atoms with van der Waals surface area (Å²) in [5.74, 6) is 6.24. The predicted octanol–water partition coefficient (Wildman–Crippen LogP) is 3.75. The second kappa shape index (κ2) is 11.0. The van der Waals surface area contributed by atoms with Gasteiger partial charge in [-0.3, -0.25) is 0 Å². The average Bonchev–Trinajstić information content (AvgIpc) is 2.88. The smallest absolute Gasteiger partial charge is 0.321 e. The standard InChI is InChI=1S/C26H32N4O3S/c1-28(25-13-6-3-7-14-25)34(32,33)30-19-17-29(18-20-30)26(31)27-24-12-8-11-23(21-24)16-15-22-9-4-2-5-10-22/h2,4-5,8-12,21,25H,3,6-7,13-14,17-20H2,1H3,(H,27,31). The highest BCUT2D eigenvalue weighted by Crippen LogP contribution is 2.25. The summed E-state index contributed by atoms with van der Waals surface area (Å²) in [7, 11) is -1.82. The SMILES string of the molecule is CN(C1CCCCC1)S(=O)(=O)N1CCN(C(=O)Nc2cccc(C#Cc3ccccc3)c2)CC1. The highest BCUT2D eigenvalue weighted by atomic mass is 32.2. The van der Waals surface area contributed by atoms with E-state index in [1.165, 1.54) is 10.7 Å². The fourth-order valence-corrected chi connectivity index (χ4v) is 6.06. The number of anilines is 1. The summed E-state index contributed by atoms with van der Waals surface area (Å²) in [4.78, 5) is 14.5. The first-order chi connectivity index (χ1) is 16.4. The van der Waals surface area contributed by atoms with Crippen molar-refractivity contribution in [3.8, 4) is 11.8 Å². The van der Waals surface area contributed by atoms with Crippen molar-refractivity contribution in [1.29, 1.82) is 0 Å². The minimum atomic E-state index is -3.51. The molecule has 0 radical (unpaired) electrons. The number of hydrogen-bond acceptors (Lipinski definition) is 3. The van der Waals surface area contributed by atoms with Crippen molar-refractivity contribution >= 4 is 21.9 Å². The van der Waals surface area contributed by atoms with Crippen molar-refractivity contribution in [2.75, 3.05) is 38.5 Å². The van der Waals surface area contributed by atoms with Gasteiger partial charge >= 0.3 is 6.03 Å². The normalized spacial score (nSPS) is 17.8. The Labute approximate surface area is 202 Å². The Kier molecular flexibility index (Phi) is 7.88. The molecule has 7 nitrogen and oxygen atoms in total. The summed E-state index contributed by atoms with van der Waals surface area (Å²) in [6, 6.07) is 17.0. The largest absolute Gasteiger partial charge is 0.322 e. The van der Waals surface area contributed by atoms with Gasteiger partial charge < -0.3 is 10.2 Å². The number of amides is 2. The lowest BCUT2D eigenvalue weighted by atomic mass is 9.96. The van der Waals surface area contributed by atoms with Gasteiger partial charge in [0.25, 0.3) is 10.2 Å². The van der Waals surface area contributed by atoms with Gasteiger partial charge in [0.15, 0.2) is 0 Å². The van der Waals surface area contributed by atoms with Crippen LogP contribution in [0.15, 0.2) is 54.6 Å². The van der Waals surface area contributed by atoms with Gasteiger partial charge in [0, 0.05) is 56.1 Å². The maximum Gasteiger partial charge on any atom is 0.321 e. The Morgan fingerprint density at radius 3 is 2.26 bits per heavy atom. The van der Waals surface area contributed by atoms with Crippen LogP contribution in [-0.2, 0) is 10.2 Å². The van der Waals surface area contributed by atoms with Crippen LogP contribution in [0.2, 0.25) is 0 Å². The van der Waals surface area contributed by atoms with Crippen molar-refractivity contribution in [3.05, 3.63) is 65.7 Å². The van der Waals surface area contributed by atoms with Gasteiger partial charge in [0.05, 0.1) is 0 Å². The van der Waals surface area contributed by atoms with Gasteiger partial charge in [-0.15, -0.1) is 0 Å². The molecule has 1 saturated heterocycles. The summed E-state index contributed by atoms with van der Waals surface area (Å²) in [5, 5.41) is 2.92. The van der Waals surface area contributed by atoms with E-state index in [1.807, 2.05) is 54.6 Å². The van der Waals surface area contributed by atoms with Crippen molar-refractivity contribution in [3.63, 3.8) is 0 Å². The molecule has 4 rings (SSSR count). The Hall–Kier alpha value is -2.86. The van der Waals surface area contributed by atoms with Crippen molar-refractivity contribution in [2.45, 2.75) is 38.1 Å². The second-order valence-corrected chi connectivity index (χ2v) is 10.8. The molecule has 34 heavy (non-hydrogen) atoms. The zero-order valence-corrected chi connectivity index (χ0v) is 20.4. The fraction of sp³-hybridized carbons (Fsp3) is 0.423. The van der Waals surface area contributed by atoms with Crippen LogP contribution in [0.3, 0.4) is 0 Å². The molecule has 1 aliphatic heterocycles. The van der Waals surface area contributed by atoms with E-state index in [9.17, 15) is 13.2 Å². The molecular formula is C26H32N4O3S. The third-order valence-electron chi connectivity index (χ3n) is 6.54. The van der Waals surface area contributed by atoms with Crippen LogP contribution < -0.4 is 5.32 Å². The molecule has 0 unspecified atom stereocenters. The van der Waals surface area contributed by atoms with E-state index >= 15 is 0 Å². The lowest BCUT2D eigenvalue weighted by Gasteiger charge is -2.38. The van der Waals surface area contributed by atoms with Crippen LogP contribution >= 0.6 is 0 Å². The Bertz CT molecular complexity index is 1140. The summed E-state index contributed by atoms with van der Waals surface area (Å²) in [5.41, 5.74) is 2.40. The summed E-state index contributed by atoms with van der Waals surface area (Å²) < 4.78 is 29.2. The van der Waals surface area contributed by atoms with Gasteiger partial charge in [-0.05, 0) is 43.2 Å². The quantitative estimate of drug-likeness (QED) is 0.678. The Morgan fingerprint density at radius 1 is 0.912 bits per heavy atom. The summed E-state index contributed by atoms with van der Waals surface area (Å²) >= 11 is 0. The molecule has 1 heterocycles. The molecule has 2 aromatic carbocycles. The number of carbonyl (C=O) groups is 1. The monoisotopic (exact) mass is 480 g/mol. The minimum Gasteiger partial charge on any atom is -0.322 e. The van der Waals surface area contributed by atoms with Gasteiger partial charge in [-0.1, -0.05) is 55.4 Å². The number of hydrogen-bond donors (Lipinski definition) is 1. The molecule has 0 spiro atoms. The zero-order chi connectivity index (χ0) is 24.0. The van der Waals surface area contributed by atoms with E-state index in [4.69, 9.17) is 0 Å². The van der Waals surface area contributed by atoms with Crippen LogP contribution in [0.5, 0.6) is 0 Å². The predicted molar refractivity (Wildman–Crippen MR) is 135 cm³/mol. The second-order valence-electron chi connectivity index (χ2n) is 8.83. The van der Waals surface area contributed by atoms with Crippen LogP contribution in [0.25, 0.3) is 0 Å². The molecule has 180 valence electrons. The molecule has 0 atom stereocenters. The summed E-state index contributed by atoms with van der Waals surface area (Å²) in [6.07, 6.45) is 5.19. The fourth-order valence-electron chi connectivity index (χ4n) is 4.48. The third kappa shape index (κ3) is 5.98. The molecule has 1 N–H and O–H groups in total. The Morgan fingerprint density at radius 2 is 1.56 bits per heavy atom. The van der Waals surface area contributed by atoms with Gasteiger partial charge in [-0.25, -0.2) is 4.79 Å². The van der Waals surface area contributed by atoms with E-state index in [0.717, 1.165) is 36.8 Å². The number of nitrogens with zero attached hydrogens (tertiary/aromatic N) is 3. The number of carbonyl (C=O) groups excluding carboxylic acids is 1. The van der Waals surface area contributed by atoms with E-state index < -0.39 is 10.2 Å². The molecule has 1 aliphatic carbocycles. The number of piperazine rings is 1. The maximum absolute atomic E-state index is 13.1. The summed E-state index contributed by atoms with van der Waals surface area (Å²) in [6.45, 7) is 1.32. The average molecular weight is 481 g/mol. The van der Waals surface area contributed by atoms with E-state index in [2.05, 4.69) is 17.2 Å². The van der Waals surface area contributed by atoms with Gasteiger partial charge in [0.1, 0.15) is 0 Å². The first kappa shape index (κ1) is 24.3. The molecule has 0 bridgehead atoms. The number of nitrogens with one attached hydrogen (secondary N) is 1. The number of urea groups is 1. The van der Waals surface area contributed by atoms with E-state index in [1.54, 1.807) is 16.3 Å². The van der Waals surface area contributed by atoms with Crippen LogP contribution in [0.4, 0.5) is 10.5 Å². The van der Waals surface area contributed by atoms with Gasteiger partial charge in [-0.2, -0.15) is 17.0 Å². The van der Waals surface area contributed by atoms with Crippen LogP contribution in [0.1, 0.15) is 43.2 Å². The molecule has 8 heteroatoms.